The van der Waals surface area contributed by atoms with Crippen LogP contribution in [0, 0.1) is 17.5 Å². The number of anilines is 1. The third-order valence-electron chi connectivity index (χ3n) is 2.45. The van der Waals surface area contributed by atoms with E-state index in [1.54, 1.807) is 0 Å². The first-order valence-corrected chi connectivity index (χ1v) is 6.64. The van der Waals surface area contributed by atoms with E-state index in [1.165, 1.54) is 22.6 Å². The average Bonchev–Trinajstić information content (AvgIpc) is 2.74. The number of nitrogen functional groups attached to an aromatic ring is 1. The Morgan fingerprint density at radius 2 is 1.89 bits per heavy atom. The third kappa shape index (κ3) is 2.70. The van der Waals surface area contributed by atoms with Crippen LogP contribution in [0.4, 0.5) is 19.0 Å². The van der Waals surface area contributed by atoms with Gasteiger partial charge in [-0.15, -0.1) is 11.8 Å². The van der Waals surface area contributed by atoms with E-state index in [2.05, 4.69) is 5.10 Å². The molecule has 2 N–H and O–H groups in total. The number of thioether (sulfide) groups is 1. The molecule has 0 aliphatic heterocycles. The van der Waals surface area contributed by atoms with Crippen LogP contribution in [0.3, 0.4) is 0 Å². The van der Waals surface area contributed by atoms with Crippen molar-refractivity contribution in [2.75, 3.05) is 11.5 Å². The van der Waals surface area contributed by atoms with Crippen molar-refractivity contribution in [1.82, 2.24) is 9.78 Å². The van der Waals surface area contributed by atoms with Crippen LogP contribution >= 0.6 is 11.8 Å². The van der Waals surface area contributed by atoms with Gasteiger partial charge in [0.2, 0.25) is 0 Å². The fourth-order valence-electron chi connectivity index (χ4n) is 1.54. The Bertz CT molecular complexity index is 575. The minimum absolute atomic E-state index is 0.0530. The van der Waals surface area contributed by atoms with Crippen LogP contribution in [0.15, 0.2) is 23.2 Å². The van der Waals surface area contributed by atoms with E-state index < -0.39 is 17.5 Å². The summed E-state index contributed by atoms with van der Waals surface area (Å²) in [6, 6.07) is 1.71. The number of nitrogens with two attached hydrogens (primary N) is 1. The molecule has 0 fully saturated rings. The first-order valence-electron chi connectivity index (χ1n) is 5.65. The van der Waals surface area contributed by atoms with Crippen molar-refractivity contribution in [1.29, 1.82) is 0 Å². The minimum Gasteiger partial charge on any atom is -0.383 e. The summed E-state index contributed by atoms with van der Waals surface area (Å²) in [7, 11) is 0. The van der Waals surface area contributed by atoms with E-state index in [4.69, 9.17) is 5.73 Å². The molecule has 0 unspecified atom stereocenters. The number of hydrogen-bond acceptors (Lipinski definition) is 3. The Hall–Kier alpha value is -1.63. The number of benzene rings is 1. The second-order valence-electron chi connectivity index (χ2n) is 3.88. The van der Waals surface area contributed by atoms with Crippen LogP contribution in [0.5, 0.6) is 0 Å². The summed E-state index contributed by atoms with van der Waals surface area (Å²) in [5, 5.41) is 3.97. The zero-order valence-electron chi connectivity index (χ0n) is 10.2. The summed E-state index contributed by atoms with van der Waals surface area (Å²) in [6.07, 6.45) is 2.49. The van der Waals surface area contributed by atoms with Crippen LogP contribution < -0.4 is 5.73 Å². The highest BCUT2D eigenvalue weighted by Gasteiger charge is 2.15. The van der Waals surface area contributed by atoms with Gasteiger partial charge in [-0.1, -0.05) is 6.92 Å². The van der Waals surface area contributed by atoms with E-state index in [0.717, 1.165) is 29.2 Å². The van der Waals surface area contributed by atoms with E-state index in [-0.39, 0.29) is 11.5 Å². The van der Waals surface area contributed by atoms with E-state index >= 15 is 0 Å². The van der Waals surface area contributed by atoms with Crippen molar-refractivity contribution >= 4 is 17.6 Å². The summed E-state index contributed by atoms with van der Waals surface area (Å²) in [6.45, 7) is 2.03. The quantitative estimate of drug-likeness (QED) is 0.692. The molecule has 3 nitrogen and oxygen atoms in total. The Labute approximate surface area is 112 Å². The normalized spacial score (nSPS) is 10.9. The highest BCUT2D eigenvalue weighted by atomic mass is 32.2. The molecule has 0 aliphatic carbocycles. The van der Waals surface area contributed by atoms with Gasteiger partial charge in [0.1, 0.15) is 5.82 Å². The predicted molar refractivity (Wildman–Crippen MR) is 68.9 cm³/mol. The second-order valence-corrected chi connectivity index (χ2v) is 5.01. The fraction of sp³-hybridized carbons (Fsp3) is 0.250. The summed E-state index contributed by atoms with van der Waals surface area (Å²) < 4.78 is 40.4. The lowest BCUT2D eigenvalue weighted by atomic mass is 10.3. The number of rotatable bonds is 4. The van der Waals surface area contributed by atoms with Gasteiger partial charge in [0.25, 0.3) is 0 Å². The molecule has 1 heterocycles. The van der Waals surface area contributed by atoms with E-state index in [0.29, 0.717) is 0 Å². The number of aromatic nitrogens is 2. The van der Waals surface area contributed by atoms with Gasteiger partial charge in [-0.2, -0.15) is 5.10 Å². The van der Waals surface area contributed by atoms with Crippen LogP contribution in [0.25, 0.3) is 5.69 Å². The lowest BCUT2D eigenvalue weighted by Crippen LogP contribution is -2.04. The SMILES string of the molecule is CCCSc1cnn(-c2cc(F)c(F)c(F)c2)c1N. The molecule has 1 aromatic carbocycles. The monoisotopic (exact) mass is 287 g/mol. The maximum absolute atomic E-state index is 13.2. The molecule has 0 atom stereocenters. The predicted octanol–water partition coefficient (Wildman–Crippen LogP) is 3.37. The highest BCUT2D eigenvalue weighted by molar-refractivity contribution is 7.99. The number of halogens is 3. The summed E-state index contributed by atoms with van der Waals surface area (Å²) in [4.78, 5) is 0.729. The Balaban J connectivity index is 2.40. The standard InChI is InChI=1S/C12H12F3N3S/c1-2-3-19-10-6-17-18(12(10)16)7-4-8(13)11(15)9(14)5-7/h4-6H,2-3,16H2,1H3. The Morgan fingerprint density at radius 1 is 1.26 bits per heavy atom. The molecule has 0 bridgehead atoms. The largest absolute Gasteiger partial charge is 0.383 e. The summed E-state index contributed by atoms with van der Waals surface area (Å²) in [5.74, 6) is -2.90. The topological polar surface area (TPSA) is 43.8 Å². The van der Waals surface area contributed by atoms with Crippen molar-refractivity contribution in [3.63, 3.8) is 0 Å². The van der Waals surface area contributed by atoms with E-state index in [1.807, 2.05) is 6.92 Å². The van der Waals surface area contributed by atoms with Gasteiger partial charge in [-0.25, -0.2) is 17.9 Å². The van der Waals surface area contributed by atoms with Gasteiger partial charge in [0.15, 0.2) is 17.5 Å². The van der Waals surface area contributed by atoms with Crippen LogP contribution in [0.1, 0.15) is 13.3 Å². The first-order chi connectivity index (χ1) is 9.04. The van der Waals surface area contributed by atoms with Gasteiger partial charge in [0, 0.05) is 12.1 Å². The maximum atomic E-state index is 13.2. The van der Waals surface area contributed by atoms with E-state index in [9.17, 15) is 13.2 Å². The zero-order valence-corrected chi connectivity index (χ0v) is 11.0. The van der Waals surface area contributed by atoms with Gasteiger partial charge in [0.05, 0.1) is 16.8 Å². The molecule has 0 aliphatic rings. The van der Waals surface area contributed by atoms with Crippen molar-refractivity contribution in [3.8, 4) is 5.69 Å². The lowest BCUT2D eigenvalue weighted by molar-refractivity contribution is 0.446. The number of hydrogen-bond donors (Lipinski definition) is 1. The lowest BCUT2D eigenvalue weighted by Gasteiger charge is -2.06. The van der Waals surface area contributed by atoms with Crippen LogP contribution in [0.2, 0.25) is 0 Å². The fourth-order valence-corrected chi connectivity index (χ4v) is 2.32. The first kappa shape index (κ1) is 13.8. The van der Waals surface area contributed by atoms with Gasteiger partial charge < -0.3 is 5.73 Å². The molecular weight excluding hydrogens is 275 g/mol. The maximum Gasteiger partial charge on any atom is 0.194 e. The molecule has 7 heteroatoms. The molecule has 102 valence electrons. The van der Waals surface area contributed by atoms with Gasteiger partial charge in [-0.05, 0) is 12.2 Å². The molecule has 0 radical (unpaired) electrons. The molecule has 2 rings (SSSR count). The zero-order chi connectivity index (χ0) is 14.0. The molecule has 2 aromatic rings. The number of nitrogens with zero attached hydrogens (tertiary/aromatic N) is 2. The molecule has 0 saturated carbocycles. The molecule has 1 aromatic heterocycles. The molecule has 19 heavy (non-hydrogen) atoms. The summed E-state index contributed by atoms with van der Waals surface area (Å²) >= 11 is 1.50. The average molecular weight is 287 g/mol. The molecule has 0 amide bonds. The molecular formula is C12H12F3N3S. The van der Waals surface area contributed by atoms with Crippen LogP contribution in [-0.2, 0) is 0 Å². The van der Waals surface area contributed by atoms with Gasteiger partial charge >= 0.3 is 0 Å². The van der Waals surface area contributed by atoms with Crippen LogP contribution in [-0.4, -0.2) is 15.5 Å². The summed E-state index contributed by atoms with van der Waals surface area (Å²) in [5.41, 5.74) is 5.91. The second kappa shape index (κ2) is 5.56. The molecule has 0 saturated heterocycles. The highest BCUT2D eigenvalue weighted by Crippen LogP contribution is 2.28. The van der Waals surface area contributed by atoms with Crippen molar-refractivity contribution in [3.05, 3.63) is 35.8 Å². The Morgan fingerprint density at radius 3 is 2.47 bits per heavy atom. The Kier molecular flexibility index (Phi) is 4.04. The van der Waals surface area contributed by atoms with Crippen molar-refractivity contribution < 1.29 is 13.2 Å². The molecule has 0 spiro atoms. The smallest absolute Gasteiger partial charge is 0.194 e. The third-order valence-corrected chi connectivity index (χ3v) is 3.68. The van der Waals surface area contributed by atoms with Crippen molar-refractivity contribution in [2.24, 2.45) is 0 Å². The van der Waals surface area contributed by atoms with Crippen molar-refractivity contribution in [2.45, 2.75) is 18.2 Å². The minimum atomic E-state index is -1.50. The van der Waals surface area contributed by atoms with Gasteiger partial charge in [-0.3, -0.25) is 0 Å².